The SMILES string of the molecule is O=C1NCCn2c(-c3ccc(F)cc3C(F)(F)F)nc3cccc1c32. The van der Waals surface area contributed by atoms with E-state index in [0.717, 1.165) is 12.1 Å². The van der Waals surface area contributed by atoms with Gasteiger partial charge < -0.3 is 9.88 Å². The van der Waals surface area contributed by atoms with Gasteiger partial charge in [0.15, 0.2) is 0 Å². The van der Waals surface area contributed by atoms with Gasteiger partial charge in [-0.05, 0) is 30.3 Å². The number of carbonyl (C=O) groups excluding carboxylic acids is 1. The summed E-state index contributed by atoms with van der Waals surface area (Å²) in [5.41, 5.74) is -0.0640. The van der Waals surface area contributed by atoms with Crippen LogP contribution in [0.3, 0.4) is 0 Å². The molecule has 3 aromatic rings. The van der Waals surface area contributed by atoms with Crippen molar-refractivity contribution >= 4 is 16.9 Å². The molecule has 1 N–H and O–H groups in total. The van der Waals surface area contributed by atoms with Crippen LogP contribution in [0, 0.1) is 5.82 Å². The normalized spacial score (nSPS) is 14.5. The molecule has 0 atom stereocenters. The highest BCUT2D eigenvalue weighted by atomic mass is 19.4. The van der Waals surface area contributed by atoms with Crippen LogP contribution in [0.4, 0.5) is 17.6 Å². The molecule has 2 heterocycles. The first-order chi connectivity index (χ1) is 11.9. The fraction of sp³-hybridized carbons (Fsp3) is 0.176. The molecule has 0 fully saturated rings. The Bertz CT molecular complexity index is 1010. The van der Waals surface area contributed by atoms with Crippen molar-refractivity contribution < 1.29 is 22.4 Å². The smallest absolute Gasteiger partial charge is 0.350 e. The first kappa shape index (κ1) is 15.6. The van der Waals surface area contributed by atoms with Crippen LogP contribution in [-0.4, -0.2) is 22.0 Å². The Hall–Kier alpha value is -2.90. The number of halogens is 4. The molecule has 1 amide bonds. The number of rotatable bonds is 1. The Kier molecular flexibility index (Phi) is 3.31. The van der Waals surface area contributed by atoms with Crippen LogP contribution >= 0.6 is 0 Å². The van der Waals surface area contributed by atoms with Gasteiger partial charge in [-0.3, -0.25) is 4.79 Å². The van der Waals surface area contributed by atoms with Crippen molar-refractivity contribution in [1.29, 1.82) is 0 Å². The van der Waals surface area contributed by atoms with E-state index in [4.69, 9.17) is 0 Å². The number of nitrogens with zero attached hydrogens (tertiary/aromatic N) is 2. The van der Waals surface area contributed by atoms with Crippen LogP contribution < -0.4 is 5.32 Å². The fourth-order valence-electron chi connectivity index (χ4n) is 3.11. The average molecular weight is 349 g/mol. The van der Waals surface area contributed by atoms with Crippen LogP contribution in [0.2, 0.25) is 0 Å². The van der Waals surface area contributed by atoms with Gasteiger partial charge in [-0.25, -0.2) is 9.37 Å². The van der Waals surface area contributed by atoms with Crippen LogP contribution in [0.25, 0.3) is 22.4 Å². The van der Waals surface area contributed by atoms with Crippen LogP contribution in [0.5, 0.6) is 0 Å². The van der Waals surface area contributed by atoms with E-state index in [-0.39, 0.29) is 30.4 Å². The molecule has 128 valence electrons. The molecule has 0 radical (unpaired) electrons. The molecule has 8 heteroatoms. The minimum Gasteiger partial charge on any atom is -0.350 e. The highest BCUT2D eigenvalue weighted by Crippen LogP contribution is 2.38. The molecule has 4 nitrogen and oxygen atoms in total. The van der Waals surface area contributed by atoms with E-state index in [9.17, 15) is 22.4 Å². The number of carbonyl (C=O) groups is 1. The van der Waals surface area contributed by atoms with E-state index >= 15 is 0 Å². The summed E-state index contributed by atoms with van der Waals surface area (Å²) in [5, 5.41) is 2.70. The Balaban J connectivity index is 2.05. The maximum Gasteiger partial charge on any atom is 0.417 e. The van der Waals surface area contributed by atoms with E-state index in [2.05, 4.69) is 10.3 Å². The predicted molar refractivity (Wildman–Crippen MR) is 82.5 cm³/mol. The zero-order valence-corrected chi connectivity index (χ0v) is 12.7. The third kappa shape index (κ3) is 2.45. The number of benzene rings is 2. The predicted octanol–water partition coefficient (Wildman–Crippen LogP) is 3.60. The molecule has 1 aliphatic heterocycles. The summed E-state index contributed by atoms with van der Waals surface area (Å²) in [7, 11) is 0. The van der Waals surface area contributed by atoms with Crippen LogP contribution in [-0.2, 0) is 12.7 Å². The molecule has 0 bridgehead atoms. The number of hydrogen-bond donors (Lipinski definition) is 1. The first-order valence-corrected chi connectivity index (χ1v) is 7.51. The molecule has 1 aliphatic rings. The largest absolute Gasteiger partial charge is 0.417 e. The Morgan fingerprint density at radius 1 is 1.12 bits per heavy atom. The van der Waals surface area contributed by atoms with Crippen molar-refractivity contribution in [3.63, 3.8) is 0 Å². The summed E-state index contributed by atoms with van der Waals surface area (Å²) in [6, 6.07) is 7.36. The lowest BCUT2D eigenvalue weighted by Gasteiger charge is -2.14. The number of nitrogens with one attached hydrogen (secondary N) is 1. The molecule has 1 aromatic heterocycles. The topological polar surface area (TPSA) is 46.9 Å². The number of alkyl halides is 3. The third-order valence-corrected chi connectivity index (χ3v) is 4.16. The van der Waals surface area contributed by atoms with Gasteiger partial charge in [-0.1, -0.05) is 6.07 Å². The quantitative estimate of drug-likeness (QED) is 0.683. The monoisotopic (exact) mass is 349 g/mol. The van der Waals surface area contributed by atoms with Gasteiger partial charge >= 0.3 is 6.18 Å². The van der Waals surface area contributed by atoms with E-state index in [1.807, 2.05) is 0 Å². The van der Waals surface area contributed by atoms with Gasteiger partial charge in [0.05, 0.1) is 22.2 Å². The summed E-state index contributed by atoms with van der Waals surface area (Å²) in [6.45, 7) is 0.526. The number of hydrogen-bond acceptors (Lipinski definition) is 2. The van der Waals surface area contributed by atoms with Crippen molar-refractivity contribution in [3.8, 4) is 11.4 Å². The maximum atomic E-state index is 13.4. The van der Waals surface area contributed by atoms with Crippen LogP contribution in [0.15, 0.2) is 36.4 Å². The van der Waals surface area contributed by atoms with Crippen molar-refractivity contribution in [2.75, 3.05) is 6.54 Å². The molecular formula is C17H11F4N3O. The van der Waals surface area contributed by atoms with E-state index < -0.39 is 17.6 Å². The van der Waals surface area contributed by atoms with Gasteiger partial charge in [0.25, 0.3) is 5.91 Å². The second-order valence-corrected chi connectivity index (χ2v) is 5.70. The molecule has 0 saturated carbocycles. The molecule has 4 rings (SSSR count). The van der Waals surface area contributed by atoms with Gasteiger partial charge in [0.1, 0.15) is 11.6 Å². The summed E-state index contributed by atoms with van der Waals surface area (Å²) >= 11 is 0. The highest BCUT2D eigenvalue weighted by Gasteiger charge is 2.36. The van der Waals surface area contributed by atoms with Gasteiger partial charge in [0, 0.05) is 18.7 Å². The summed E-state index contributed by atoms with van der Waals surface area (Å²) in [5.74, 6) is -1.21. The molecule has 0 spiro atoms. The Labute approximate surface area is 139 Å². The van der Waals surface area contributed by atoms with Gasteiger partial charge in [-0.15, -0.1) is 0 Å². The van der Waals surface area contributed by atoms with E-state index in [0.29, 0.717) is 22.7 Å². The number of imidazole rings is 1. The first-order valence-electron chi connectivity index (χ1n) is 7.51. The highest BCUT2D eigenvalue weighted by molar-refractivity contribution is 6.06. The van der Waals surface area contributed by atoms with Crippen molar-refractivity contribution in [2.24, 2.45) is 0 Å². The molecule has 0 unspecified atom stereocenters. The summed E-state index contributed by atoms with van der Waals surface area (Å²) in [6.07, 6.45) is -4.72. The Morgan fingerprint density at radius 2 is 1.92 bits per heavy atom. The van der Waals surface area contributed by atoms with Crippen molar-refractivity contribution in [1.82, 2.24) is 14.9 Å². The lowest BCUT2D eigenvalue weighted by molar-refractivity contribution is -0.137. The van der Waals surface area contributed by atoms with Crippen molar-refractivity contribution in [3.05, 3.63) is 53.3 Å². The maximum absolute atomic E-state index is 13.4. The molecular weight excluding hydrogens is 338 g/mol. The van der Waals surface area contributed by atoms with Gasteiger partial charge in [0.2, 0.25) is 0 Å². The zero-order chi connectivity index (χ0) is 17.8. The summed E-state index contributed by atoms with van der Waals surface area (Å²) in [4.78, 5) is 16.4. The minimum atomic E-state index is -4.72. The summed E-state index contributed by atoms with van der Waals surface area (Å²) < 4.78 is 55.1. The standard InChI is InChI=1S/C17H11F4N3O/c18-9-4-5-10(12(8-9)17(19,20)21)15-23-13-3-1-2-11-14(13)24(15)7-6-22-16(11)25/h1-5,8H,6-7H2,(H,22,25). The third-order valence-electron chi connectivity index (χ3n) is 4.16. The fourth-order valence-corrected chi connectivity index (χ4v) is 3.11. The Morgan fingerprint density at radius 3 is 2.68 bits per heavy atom. The number of aromatic nitrogens is 2. The van der Waals surface area contributed by atoms with Crippen LogP contribution in [0.1, 0.15) is 15.9 Å². The zero-order valence-electron chi connectivity index (χ0n) is 12.7. The lowest BCUT2D eigenvalue weighted by atomic mass is 10.1. The molecule has 0 saturated heterocycles. The van der Waals surface area contributed by atoms with Gasteiger partial charge in [-0.2, -0.15) is 13.2 Å². The average Bonchev–Trinajstić information content (AvgIpc) is 2.83. The second-order valence-electron chi connectivity index (χ2n) is 5.70. The van der Waals surface area contributed by atoms with E-state index in [1.54, 1.807) is 22.8 Å². The molecule has 0 aliphatic carbocycles. The second kappa shape index (κ2) is 5.30. The van der Waals surface area contributed by atoms with E-state index in [1.165, 1.54) is 0 Å². The van der Waals surface area contributed by atoms with Crippen molar-refractivity contribution in [2.45, 2.75) is 12.7 Å². The number of amides is 1. The molecule has 2 aromatic carbocycles. The number of para-hydroxylation sites is 1. The minimum absolute atomic E-state index is 0.0614. The molecule has 25 heavy (non-hydrogen) atoms. The lowest BCUT2D eigenvalue weighted by Crippen LogP contribution is -2.24.